The Hall–Kier alpha value is -2.07. The molecule has 1 fully saturated rings. The number of hydrogen-bond donors (Lipinski definition) is 2. The van der Waals surface area contributed by atoms with Crippen molar-refractivity contribution in [3.63, 3.8) is 0 Å². The molecule has 3 N–H and O–H groups in total. The fourth-order valence-electron chi connectivity index (χ4n) is 3.09. The van der Waals surface area contributed by atoms with Gasteiger partial charge < -0.3 is 16.0 Å². The first-order valence-corrected chi connectivity index (χ1v) is 9.39. The smallest absolute Gasteiger partial charge is 0.236 e. The van der Waals surface area contributed by atoms with Crippen LogP contribution in [-0.4, -0.2) is 53.8 Å². The second-order valence-corrected chi connectivity index (χ2v) is 7.11. The molecule has 25 heavy (non-hydrogen) atoms. The van der Waals surface area contributed by atoms with Crippen LogP contribution in [0.3, 0.4) is 0 Å². The van der Waals surface area contributed by atoms with Gasteiger partial charge in [0.05, 0.1) is 12.1 Å². The van der Waals surface area contributed by atoms with Crippen molar-refractivity contribution in [3.05, 3.63) is 36.2 Å². The lowest BCUT2D eigenvalue weighted by Crippen LogP contribution is -2.44. The number of amides is 1. The Bertz CT molecular complexity index is 796. The van der Waals surface area contributed by atoms with Gasteiger partial charge in [-0.1, -0.05) is 18.1 Å². The largest absolute Gasteiger partial charge is 0.340 e. The molecule has 0 spiro atoms. The highest BCUT2D eigenvalue weighted by atomic mass is 32.2. The van der Waals surface area contributed by atoms with E-state index in [4.69, 9.17) is 12.2 Å². The van der Waals surface area contributed by atoms with Crippen molar-refractivity contribution < 1.29 is 4.79 Å². The Morgan fingerprint density at radius 2 is 2.36 bits per heavy atom. The first-order chi connectivity index (χ1) is 12.2. The van der Waals surface area contributed by atoms with Crippen molar-refractivity contribution in [2.24, 2.45) is 5.73 Å². The number of terminal acetylenes is 1. The molecule has 1 aromatic heterocycles. The Balaban J connectivity index is 1.76. The van der Waals surface area contributed by atoms with E-state index in [0.717, 1.165) is 46.5 Å². The number of nitrogens with two attached hydrogens (primary N) is 1. The number of carbonyl (C=O) groups excluding carboxylic acids is 1. The second kappa shape index (κ2) is 8.34. The molecule has 1 atom stereocenters. The van der Waals surface area contributed by atoms with E-state index in [9.17, 15) is 4.79 Å². The summed E-state index contributed by atoms with van der Waals surface area (Å²) in [6.45, 7) is 2.44. The summed E-state index contributed by atoms with van der Waals surface area (Å²) < 4.78 is 0. The third kappa shape index (κ3) is 4.13. The minimum atomic E-state index is 0.0181. The van der Waals surface area contributed by atoms with Crippen LogP contribution in [-0.2, 0) is 4.79 Å². The highest BCUT2D eigenvalue weighted by Gasteiger charge is 2.21. The van der Waals surface area contributed by atoms with Gasteiger partial charge >= 0.3 is 0 Å². The van der Waals surface area contributed by atoms with Crippen LogP contribution < -0.4 is 11.1 Å². The van der Waals surface area contributed by atoms with Crippen LogP contribution in [0.5, 0.6) is 0 Å². The number of hydrogen-bond acceptors (Lipinski definition) is 5. The zero-order valence-corrected chi connectivity index (χ0v) is 14.9. The number of aromatic nitrogens is 1. The molecule has 0 radical (unpaired) electrons. The molecule has 1 saturated heterocycles. The van der Waals surface area contributed by atoms with Gasteiger partial charge in [-0.15, -0.1) is 18.2 Å². The summed E-state index contributed by atoms with van der Waals surface area (Å²) in [5.74, 6) is 3.61. The van der Waals surface area contributed by atoms with Crippen molar-refractivity contribution in [1.82, 2.24) is 15.2 Å². The van der Waals surface area contributed by atoms with Crippen LogP contribution in [0.25, 0.3) is 10.8 Å². The van der Waals surface area contributed by atoms with Crippen molar-refractivity contribution in [2.45, 2.75) is 17.4 Å². The molecule has 1 aromatic carbocycles. The maximum Gasteiger partial charge on any atom is 0.236 e. The summed E-state index contributed by atoms with van der Waals surface area (Å²) in [5.41, 5.74) is 6.33. The average Bonchev–Trinajstić information content (AvgIpc) is 2.90. The van der Waals surface area contributed by atoms with Gasteiger partial charge in [-0.25, -0.2) is 0 Å². The molecule has 3 rings (SSSR count). The highest BCUT2D eigenvalue weighted by Crippen LogP contribution is 2.30. The van der Waals surface area contributed by atoms with Crippen LogP contribution in [0.1, 0.15) is 12.0 Å². The van der Waals surface area contributed by atoms with Crippen molar-refractivity contribution in [2.75, 3.05) is 31.9 Å². The number of nitrogens with zero attached hydrogens (tertiary/aromatic N) is 2. The van der Waals surface area contributed by atoms with Gasteiger partial charge in [0.25, 0.3) is 0 Å². The lowest BCUT2D eigenvalue weighted by Gasteiger charge is -2.24. The van der Waals surface area contributed by atoms with E-state index in [0.29, 0.717) is 6.54 Å². The van der Waals surface area contributed by atoms with E-state index in [1.165, 1.54) is 0 Å². The number of nitrogens with one attached hydrogen (secondary N) is 1. The maximum atomic E-state index is 11.9. The van der Waals surface area contributed by atoms with E-state index < -0.39 is 0 Å². The average molecular weight is 354 g/mol. The van der Waals surface area contributed by atoms with E-state index in [-0.39, 0.29) is 18.5 Å². The minimum absolute atomic E-state index is 0.0181. The Labute approximate surface area is 152 Å². The number of thioether (sulfide) groups is 1. The molecular formula is C19H22N4OS. The quantitative estimate of drug-likeness (QED) is 0.642. The van der Waals surface area contributed by atoms with Crippen LogP contribution in [0.2, 0.25) is 0 Å². The standard InChI is InChI=1S/C19H22N4OS/c1-2-14-10-21-11-15-5-3-6-17(19(14)15)25-13-16-12-23(18(24)9-20)8-4-7-22-16/h1,3,5-6,10-11,16,22H,4,7-9,12-13,20H2. The monoisotopic (exact) mass is 354 g/mol. The molecule has 6 heteroatoms. The minimum Gasteiger partial charge on any atom is -0.340 e. The Morgan fingerprint density at radius 1 is 1.48 bits per heavy atom. The van der Waals surface area contributed by atoms with Crippen molar-refractivity contribution in [1.29, 1.82) is 0 Å². The molecule has 1 unspecified atom stereocenters. The second-order valence-electron chi connectivity index (χ2n) is 6.05. The van der Waals surface area contributed by atoms with Gasteiger partial charge in [0.15, 0.2) is 0 Å². The van der Waals surface area contributed by atoms with Crippen molar-refractivity contribution in [3.8, 4) is 12.3 Å². The Morgan fingerprint density at radius 3 is 3.16 bits per heavy atom. The van der Waals surface area contributed by atoms with Gasteiger partial charge in [-0.05, 0) is 19.0 Å². The van der Waals surface area contributed by atoms with Gasteiger partial charge in [0, 0.05) is 52.9 Å². The molecule has 0 aliphatic carbocycles. The van der Waals surface area contributed by atoms with Crippen LogP contribution in [0.4, 0.5) is 0 Å². The molecule has 1 amide bonds. The molecule has 0 bridgehead atoms. The maximum absolute atomic E-state index is 11.9. The first-order valence-electron chi connectivity index (χ1n) is 8.40. The molecule has 1 aliphatic rings. The van der Waals surface area contributed by atoms with Crippen LogP contribution >= 0.6 is 11.8 Å². The fourth-order valence-corrected chi connectivity index (χ4v) is 4.24. The normalized spacial score (nSPS) is 17.9. The molecule has 130 valence electrons. The Kier molecular flexibility index (Phi) is 5.92. The molecule has 5 nitrogen and oxygen atoms in total. The first kappa shape index (κ1) is 17.7. The van der Waals surface area contributed by atoms with Crippen LogP contribution in [0, 0.1) is 12.3 Å². The molecular weight excluding hydrogens is 332 g/mol. The molecule has 1 aliphatic heterocycles. The van der Waals surface area contributed by atoms with Gasteiger partial charge in [-0.2, -0.15) is 0 Å². The van der Waals surface area contributed by atoms with Gasteiger partial charge in [-0.3, -0.25) is 9.78 Å². The van der Waals surface area contributed by atoms with E-state index in [2.05, 4.69) is 22.3 Å². The number of pyridine rings is 1. The summed E-state index contributed by atoms with van der Waals surface area (Å²) in [6, 6.07) is 6.37. The predicted octanol–water partition coefficient (Wildman–Crippen LogP) is 1.46. The van der Waals surface area contributed by atoms with Crippen LogP contribution in [0.15, 0.2) is 35.5 Å². The van der Waals surface area contributed by atoms with E-state index in [1.807, 2.05) is 23.2 Å². The van der Waals surface area contributed by atoms with E-state index >= 15 is 0 Å². The SMILES string of the molecule is C#Cc1cncc2cccc(SCC3CN(C(=O)CN)CCCN3)c12. The highest BCUT2D eigenvalue weighted by molar-refractivity contribution is 7.99. The summed E-state index contributed by atoms with van der Waals surface area (Å²) in [5, 5.41) is 5.66. The molecule has 2 heterocycles. The van der Waals surface area contributed by atoms with Gasteiger partial charge in [0.2, 0.25) is 5.91 Å². The third-order valence-electron chi connectivity index (χ3n) is 4.35. The number of carbonyl (C=O) groups is 1. The van der Waals surface area contributed by atoms with Crippen molar-refractivity contribution >= 4 is 28.4 Å². The third-order valence-corrected chi connectivity index (χ3v) is 5.57. The van der Waals surface area contributed by atoms with E-state index in [1.54, 1.807) is 18.0 Å². The molecule has 0 saturated carbocycles. The number of fused-ring (bicyclic) bond motifs is 1. The fraction of sp³-hybridized carbons (Fsp3) is 0.368. The lowest BCUT2D eigenvalue weighted by molar-refractivity contribution is -0.129. The molecule has 2 aromatic rings. The summed E-state index contributed by atoms with van der Waals surface area (Å²) >= 11 is 1.76. The summed E-state index contributed by atoms with van der Waals surface area (Å²) in [7, 11) is 0. The zero-order chi connectivity index (χ0) is 17.6. The number of benzene rings is 1. The summed E-state index contributed by atoms with van der Waals surface area (Å²) in [6.07, 6.45) is 10.2. The zero-order valence-electron chi connectivity index (χ0n) is 14.1. The summed E-state index contributed by atoms with van der Waals surface area (Å²) in [4.78, 5) is 19.2. The number of rotatable bonds is 4. The predicted molar refractivity (Wildman–Crippen MR) is 102 cm³/mol. The lowest BCUT2D eigenvalue weighted by atomic mass is 10.1. The van der Waals surface area contributed by atoms with Gasteiger partial charge in [0.1, 0.15) is 0 Å². The topological polar surface area (TPSA) is 71.2 Å².